The molecule has 0 unspecified atom stereocenters. The number of ether oxygens (including phenoxy) is 1. The fraction of sp³-hybridized carbons (Fsp3) is 0.150. The number of halogens is 3. The van der Waals surface area contributed by atoms with Gasteiger partial charge >= 0.3 is 0 Å². The van der Waals surface area contributed by atoms with E-state index in [9.17, 15) is 14.0 Å². The minimum Gasteiger partial charge on any atom is -0.487 e. The van der Waals surface area contributed by atoms with Crippen molar-refractivity contribution < 1.29 is 18.7 Å². The summed E-state index contributed by atoms with van der Waals surface area (Å²) < 4.78 is 20.4. The first kappa shape index (κ1) is 21.8. The molecule has 9 heteroatoms. The monoisotopic (exact) mass is 588 g/mol. The molecule has 1 aliphatic rings. The van der Waals surface area contributed by atoms with Crippen molar-refractivity contribution in [2.24, 2.45) is 0 Å². The molecule has 2 amide bonds. The molecule has 0 aliphatic carbocycles. The number of benzene rings is 2. The standard InChI is InChI=1S/C20H15BrFIN2O3S/c1-24-18(26)14(19(27)25(2)20(24)29)7-12-8-15(21)17(16(23)9-12)28-10-11-3-5-13(22)6-4-11/h3-9H,10H2,1-2H3. The lowest BCUT2D eigenvalue weighted by Crippen LogP contribution is -2.52. The number of carbonyl (C=O) groups is 2. The van der Waals surface area contributed by atoms with E-state index in [1.165, 1.54) is 42.1 Å². The van der Waals surface area contributed by atoms with E-state index in [-0.39, 0.29) is 23.1 Å². The minimum atomic E-state index is -0.444. The first-order valence-corrected chi connectivity index (χ1v) is 10.6. The Kier molecular flexibility index (Phi) is 6.69. The summed E-state index contributed by atoms with van der Waals surface area (Å²) in [7, 11) is 3.07. The van der Waals surface area contributed by atoms with Crippen molar-refractivity contribution in [3.8, 4) is 5.75 Å². The van der Waals surface area contributed by atoms with E-state index < -0.39 is 11.8 Å². The molecule has 0 spiro atoms. The third kappa shape index (κ3) is 4.67. The predicted molar refractivity (Wildman–Crippen MR) is 124 cm³/mol. The summed E-state index contributed by atoms with van der Waals surface area (Å²) in [6, 6.07) is 9.66. The van der Waals surface area contributed by atoms with Gasteiger partial charge in [0.2, 0.25) is 0 Å². The summed E-state index contributed by atoms with van der Waals surface area (Å²) >= 11 is 10.7. The third-order valence-corrected chi connectivity index (χ3v) is 6.21. The average Bonchev–Trinajstić information content (AvgIpc) is 2.69. The van der Waals surface area contributed by atoms with Gasteiger partial charge < -0.3 is 4.74 Å². The molecule has 0 bridgehead atoms. The van der Waals surface area contributed by atoms with E-state index in [4.69, 9.17) is 17.0 Å². The van der Waals surface area contributed by atoms with Gasteiger partial charge in [0.1, 0.15) is 23.7 Å². The van der Waals surface area contributed by atoms with E-state index in [0.717, 1.165) is 9.13 Å². The van der Waals surface area contributed by atoms with Crippen LogP contribution in [0.15, 0.2) is 46.4 Å². The van der Waals surface area contributed by atoms with Gasteiger partial charge in [-0.2, -0.15) is 0 Å². The van der Waals surface area contributed by atoms with Crippen LogP contribution in [0.4, 0.5) is 4.39 Å². The van der Waals surface area contributed by atoms with Crippen molar-refractivity contribution in [2.45, 2.75) is 6.61 Å². The number of hydrogen-bond donors (Lipinski definition) is 0. The van der Waals surface area contributed by atoms with Crippen LogP contribution < -0.4 is 4.74 Å². The Hall–Kier alpha value is -1.85. The maximum absolute atomic E-state index is 13.0. The van der Waals surface area contributed by atoms with Crippen LogP contribution in [0.3, 0.4) is 0 Å². The number of nitrogens with zero attached hydrogens (tertiary/aromatic N) is 2. The topological polar surface area (TPSA) is 49.9 Å². The molecule has 5 nitrogen and oxygen atoms in total. The number of amides is 2. The van der Waals surface area contributed by atoms with Crippen LogP contribution in [-0.4, -0.2) is 40.8 Å². The van der Waals surface area contributed by atoms with Gasteiger partial charge in [-0.05, 0) is 92.2 Å². The molecule has 29 heavy (non-hydrogen) atoms. The molecule has 1 aliphatic heterocycles. The van der Waals surface area contributed by atoms with E-state index in [0.29, 0.717) is 15.8 Å². The summed E-state index contributed by atoms with van der Waals surface area (Å²) in [6.07, 6.45) is 1.54. The first-order chi connectivity index (χ1) is 13.7. The second-order valence-electron chi connectivity index (χ2n) is 6.30. The summed E-state index contributed by atoms with van der Waals surface area (Å²) in [5.41, 5.74) is 1.54. The van der Waals surface area contributed by atoms with Gasteiger partial charge in [-0.1, -0.05) is 12.1 Å². The van der Waals surface area contributed by atoms with Gasteiger partial charge in [-0.15, -0.1) is 0 Å². The van der Waals surface area contributed by atoms with E-state index >= 15 is 0 Å². The number of carbonyl (C=O) groups excluding carboxylic acids is 2. The Labute approximate surface area is 194 Å². The zero-order valence-corrected chi connectivity index (χ0v) is 20.0. The molecule has 3 rings (SSSR count). The quantitative estimate of drug-likeness (QED) is 0.230. The van der Waals surface area contributed by atoms with Crippen molar-refractivity contribution in [1.29, 1.82) is 0 Å². The molecular weight excluding hydrogens is 574 g/mol. The van der Waals surface area contributed by atoms with Crippen molar-refractivity contribution >= 4 is 73.7 Å². The molecule has 1 fully saturated rings. The van der Waals surface area contributed by atoms with Crippen LogP contribution in [-0.2, 0) is 16.2 Å². The van der Waals surface area contributed by atoms with Gasteiger partial charge in [-0.25, -0.2) is 4.39 Å². The highest BCUT2D eigenvalue weighted by Crippen LogP contribution is 2.33. The molecule has 0 atom stereocenters. The molecular formula is C20H15BrFIN2O3S. The Bertz CT molecular complexity index is 994. The second-order valence-corrected chi connectivity index (χ2v) is 8.68. The highest BCUT2D eigenvalue weighted by atomic mass is 127. The maximum atomic E-state index is 13.0. The molecule has 1 heterocycles. The molecule has 1 saturated heterocycles. The predicted octanol–water partition coefficient (Wildman–Crippen LogP) is 4.37. The normalized spacial score (nSPS) is 14.5. The average molecular weight is 589 g/mol. The van der Waals surface area contributed by atoms with Crippen molar-refractivity contribution in [3.63, 3.8) is 0 Å². The second kappa shape index (κ2) is 8.88. The first-order valence-electron chi connectivity index (χ1n) is 8.37. The Morgan fingerprint density at radius 3 is 2.28 bits per heavy atom. The number of likely N-dealkylation sites (N-methyl/N-ethyl adjacent to an activating group) is 2. The third-order valence-electron chi connectivity index (χ3n) is 4.27. The van der Waals surface area contributed by atoms with Crippen LogP contribution in [0.1, 0.15) is 11.1 Å². The molecule has 2 aromatic rings. The number of hydrogen-bond acceptors (Lipinski definition) is 4. The van der Waals surface area contributed by atoms with Crippen LogP contribution in [0.5, 0.6) is 5.75 Å². The molecule has 150 valence electrons. The molecule has 0 aromatic heterocycles. The zero-order valence-electron chi connectivity index (χ0n) is 15.4. The van der Waals surface area contributed by atoms with Crippen LogP contribution >= 0.6 is 50.7 Å². The molecule has 0 saturated carbocycles. The molecule has 0 radical (unpaired) electrons. The summed E-state index contributed by atoms with van der Waals surface area (Å²) in [6.45, 7) is 0.277. The van der Waals surface area contributed by atoms with Crippen molar-refractivity contribution in [3.05, 3.63) is 67.0 Å². The Morgan fingerprint density at radius 2 is 1.72 bits per heavy atom. The smallest absolute Gasteiger partial charge is 0.265 e. The highest BCUT2D eigenvalue weighted by Gasteiger charge is 2.35. The lowest BCUT2D eigenvalue weighted by atomic mass is 10.1. The maximum Gasteiger partial charge on any atom is 0.265 e. The van der Waals surface area contributed by atoms with E-state index in [2.05, 4.69) is 38.5 Å². The summed E-state index contributed by atoms with van der Waals surface area (Å²) in [5.74, 6) is -0.568. The van der Waals surface area contributed by atoms with Gasteiger partial charge in [-0.3, -0.25) is 19.4 Å². The van der Waals surface area contributed by atoms with Crippen LogP contribution in [0.2, 0.25) is 0 Å². The van der Waals surface area contributed by atoms with Gasteiger partial charge in [0.05, 0.1) is 8.04 Å². The Balaban J connectivity index is 1.86. The molecule has 2 aromatic carbocycles. The minimum absolute atomic E-state index is 0.0336. The van der Waals surface area contributed by atoms with Gasteiger partial charge in [0, 0.05) is 14.1 Å². The fourth-order valence-corrected chi connectivity index (χ4v) is 4.61. The summed E-state index contributed by atoms with van der Waals surface area (Å²) in [4.78, 5) is 27.5. The lowest BCUT2D eigenvalue weighted by molar-refractivity contribution is -0.132. The zero-order chi connectivity index (χ0) is 21.3. The lowest BCUT2D eigenvalue weighted by Gasteiger charge is -2.31. The van der Waals surface area contributed by atoms with E-state index in [1.807, 2.05) is 6.07 Å². The van der Waals surface area contributed by atoms with Crippen molar-refractivity contribution in [2.75, 3.05) is 14.1 Å². The highest BCUT2D eigenvalue weighted by molar-refractivity contribution is 14.1. The SMILES string of the molecule is CN1C(=O)C(=Cc2cc(Br)c(OCc3ccc(F)cc3)c(I)c2)C(=O)N(C)C1=S. The number of thiocarbonyl (C=S) groups is 1. The van der Waals surface area contributed by atoms with Gasteiger partial charge in [0.25, 0.3) is 11.8 Å². The Morgan fingerprint density at radius 1 is 1.14 bits per heavy atom. The van der Waals surface area contributed by atoms with Gasteiger partial charge in [0.15, 0.2) is 5.11 Å². The summed E-state index contributed by atoms with van der Waals surface area (Å²) in [5, 5.41) is 0.164. The van der Waals surface area contributed by atoms with E-state index in [1.54, 1.807) is 18.2 Å². The number of rotatable bonds is 4. The van der Waals surface area contributed by atoms with Crippen LogP contribution in [0, 0.1) is 9.39 Å². The fourth-order valence-electron chi connectivity index (χ4n) is 2.68. The van der Waals surface area contributed by atoms with Crippen molar-refractivity contribution in [1.82, 2.24) is 9.80 Å². The largest absolute Gasteiger partial charge is 0.487 e. The molecule has 0 N–H and O–H groups in total. The van der Waals surface area contributed by atoms with Crippen LogP contribution in [0.25, 0.3) is 6.08 Å².